The lowest BCUT2D eigenvalue weighted by Gasteiger charge is -2.03. The van der Waals surface area contributed by atoms with Crippen LogP contribution in [0.5, 0.6) is 0 Å². The van der Waals surface area contributed by atoms with Crippen LogP contribution in [-0.2, 0) is 0 Å². The number of nitrogens with two attached hydrogens (primary N) is 1. The van der Waals surface area contributed by atoms with Crippen LogP contribution in [0.4, 0.5) is 5.82 Å². The van der Waals surface area contributed by atoms with E-state index < -0.39 is 5.63 Å². The Morgan fingerprint density at radius 1 is 1.12 bits per heavy atom. The van der Waals surface area contributed by atoms with Gasteiger partial charge in [0.2, 0.25) is 5.56 Å². The van der Waals surface area contributed by atoms with Crippen LogP contribution in [-0.4, -0.2) is 4.98 Å². The molecule has 5 heteroatoms. The highest BCUT2D eigenvalue weighted by Gasteiger charge is 2.10. The minimum atomic E-state index is -0.549. The molecule has 3 N–H and O–H groups in total. The lowest BCUT2D eigenvalue weighted by atomic mass is 10.1. The van der Waals surface area contributed by atoms with E-state index in [1.54, 1.807) is 24.3 Å². The second-order valence-corrected chi connectivity index (χ2v) is 3.72. The highest BCUT2D eigenvalue weighted by atomic mass is 16.4. The van der Waals surface area contributed by atoms with Gasteiger partial charge in [0.15, 0.2) is 0 Å². The van der Waals surface area contributed by atoms with Gasteiger partial charge in [-0.3, -0.25) is 4.79 Å². The van der Waals surface area contributed by atoms with Crippen molar-refractivity contribution in [1.82, 2.24) is 4.98 Å². The Kier molecular flexibility index (Phi) is 1.82. The summed E-state index contributed by atoms with van der Waals surface area (Å²) in [7, 11) is 0. The second kappa shape index (κ2) is 3.21. The molecular formula is C12H8N2O3. The number of fused-ring (bicyclic) bond motifs is 3. The largest absolute Gasteiger partial charge is 0.422 e. The van der Waals surface area contributed by atoms with E-state index in [1.807, 2.05) is 0 Å². The maximum atomic E-state index is 11.8. The number of H-pyrrole nitrogens is 1. The first-order chi connectivity index (χ1) is 8.16. The number of hydrogen-bond acceptors (Lipinski definition) is 4. The summed E-state index contributed by atoms with van der Waals surface area (Å²) in [5.74, 6) is 0.0343. The summed E-state index contributed by atoms with van der Waals surface area (Å²) in [4.78, 5) is 25.5. The van der Waals surface area contributed by atoms with Gasteiger partial charge < -0.3 is 15.1 Å². The maximum absolute atomic E-state index is 11.8. The molecule has 2 heterocycles. The van der Waals surface area contributed by atoms with Gasteiger partial charge in [-0.05, 0) is 6.07 Å². The Labute approximate surface area is 94.5 Å². The van der Waals surface area contributed by atoms with E-state index >= 15 is 0 Å². The highest BCUT2D eigenvalue weighted by Crippen LogP contribution is 2.23. The van der Waals surface area contributed by atoms with Crippen molar-refractivity contribution in [2.45, 2.75) is 0 Å². The van der Waals surface area contributed by atoms with Crippen molar-refractivity contribution in [3.05, 3.63) is 51.1 Å². The van der Waals surface area contributed by atoms with Crippen molar-refractivity contribution in [2.75, 3.05) is 5.73 Å². The van der Waals surface area contributed by atoms with E-state index in [4.69, 9.17) is 10.2 Å². The van der Waals surface area contributed by atoms with Gasteiger partial charge in [0.25, 0.3) is 0 Å². The molecule has 5 nitrogen and oxygen atoms in total. The van der Waals surface area contributed by atoms with E-state index in [0.29, 0.717) is 16.4 Å². The third-order valence-corrected chi connectivity index (χ3v) is 2.66. The van der Waals surface area contributed by atoms with Gasteiger partial charge >= 0.3 is 5.63 Å². The summed E-state index contributed by atoms with van der Waals surface area (Å²) in [5.41, 5.74) is 5.18. The van der Waals surface area contributed by atoms with Gasteiger partial charge in [-0.25, -0.2) is 4.79 Å². The van der Waals surface area contributed by atoms with E-state index in [9.17, 15) is 9.59 Å². The summed E-state index contributed by atoms with van der Waals surface area (Å²) in [6.45, 7) is 0. The molecule has 0 aliphatic rings. The standard InChI is InChI=1S/C12H8N2O3/c13-11-10-7(5-9(15)14-11)6-3-1-2-4-8(6)17-12(10)16/h1-5H,(H3,13,14,15). The number of para-hydroxylation sites is 1. The normalized spacial score (nSPS) is 11.1. The lowest BCUT2D eigenvalue weighted by Crippen LogP contribution is -2.12. The number of aromatic amines is 1. The van der Waals surface area contributed by atoms with Crippen LogP contribution in [0.2, 0.25) is 0 Å². The average Bonchev–Trinajstić information content (AvgIpc) is 2.28. The minimum Gasteiger partial charge on any atom is -0.422 e. The molecule has 84 valence electrons. The topological polar surface area (TPSA) is 89.1 Å². The van der Waals surface area contributed by atoms with Crippen LogP contribution < -0.4 is 16.9 Å². The molecule has 0 amide bonds. The van der Waals surface area contributed by atoms with Crippen LogP contribution in [0.15, 0.2) is 44.3 Å². The molecule has 1 aromatic carbocycles. The average molecular weight is 228 g/mol. The Hall–Kier alpha value is -2.56. The summed E-state index contributed by atoms with van der Waals surface area (Å²) in [6, 6.07) is 8.37. The lowest BCUT2D eigenvalue weighted by molar-refractivity contribution is 0.569. The summed E-state index contributed by atoms with van der Waals surface area (Å²) >= 11 is 0. The molecule has 0 saturated heterocycles. The Morgan fingerprint density at radius 3 is 2.71 bits per heavy atom. The Bertz CT molecular complexity index is 846. The first-order valence-electron chi connectivity index (χ1n) is 5.01. The summed E-state index contributed by atoms with van der Waals surface area (Å²) in [6.07, 6.45) is 0. The zero-order valence-electron chi connectivity index (χ0n) is 8.69. The van der Waals surface area contributed by atoms with Crippen LogP contribution in [0.1, 0.15) is 0 Å². The van der Waals surface area contributed by atoms with Crippen LogP contribution in [0.3, 0.4) is 0 Å². The Morgan fingerprint density at radius 2 is 1.88 bits per heavy atom. The molecule has 0 spiro atoms. The molecule has 0 saturated carbocycles. The SMILES string of the molecule is Nc1[nH]c(=O)cc2c1c(=O)oc1ccccc12. The van der Waals surface area contributed by atoms with Crippen molar-refractivity contribution >= 4 is 27.6 Å². The fourth-order valence-electron chi connectivity index (χ4n) is 1.94. The molecule has 0 radical (unpaired) electrons. The van der Waals surface area contributed by atoms with Crippen LogP contribution in [0, 0.1) is 0 Å². The monoisotopic (exact) mass is 228 g/mol. The first-order valence-corrected chi connectivity index (χ1v) is 5.01. The molecule has 0 atom stereocenters. The summed E-state index contributed by atoms with van der Waals surface area (Å²) < 4.78 is 5.14. The van der Waals surface area contributed by atoms with Gasteiger partial charge in [0.05, 0.1) is 0 Å². The van der Waals surface area contributed by atoms with Crippen molar-refractivity contribution < 1.29 is 4.42 Å². The quantitative estimate of drug-likeness (QED) is 0.447. The number of rotatable bonds is 0. The van der Waals surface area contributed by atoms with Gasteiger partial charge in [-0.2, -0.15) is 0 Å². The minimum absolute atomic E-state index is 0.0343. The molecule has 3 rings (SSSR count). The van der Waals surface area contributed by atoms with Gasteiger partial charge in [-0.1, -0.05) is 18.2 Å². The van der Waals surface area contributed by atoms with Crippen molar-refractivity contribution in [1.29, 1.82) is 0 Å². The van der Waals surface area contributed by atoms with E-state index in [2.05, 4.69) is 4.98 Å². The Balaban J connectivity index is 2.75. The predicted octanol–water partition coefficient (Wildman–Crippen LogP) is 1.22. The molecule has 0 bridgehead atoms. The van der Waals surface area contributed by atoms with Gasteiger partial charge in [0, 0.05) is 16.8 Å². The smallest absolute Gasteiger partial charge is 0.347 e. The zero-order chi connectivity index (χ0) is 12.0. The number of benzene rings is 1. The molecule has 0 unspecified atom stereocenters. The molecule has 0 aliphatic carbocycles. The van der Waals surface area contributed by atoms with E-state index in [-0.39, 0.29) is 16.8 Å². The van der Waals surface area contributed by atoms with Crippen LogP contribution in [0.25, 0.3) is 21.7 Å². The number of aromatic nitrogens is 1. The number of hydrogen-bond donors (Lipinski definition) is 2. The fraction of sp³-hybridized carbons (Fsp3) is 0. The third-order valence-electron chi connectivity index (χ3n) is 2.66. The predicted molar refractivity (Wildman–Crippen MR) is 65.0 cm³/mol. The number of nitrogen functional groups attached to an aromatic ring is 1. The second-order valence-electron chi connectivity index (χ2n) is 3.72. The zero-order valence-corrected chi connectivity index (χ0v) is 8.69. The van der Waals surface area contributed by atoms with E-state index in [1.165, 1.54) is 6.07 Å². The first kappa shape index (κ1) is 9.65. The molecule has 2 aromatic heterocycles. The number of pyridine rings is 1. The highest BCUT2D eigenvalue weighted by molar-refractivity contribution is 6.07. The third kappa shape index (κ3) is 1.32. The maximum Gasteiger partial charge on any atom is 0.347 e. The number of nitrogens with one attached hydrogen (secondary N) is 1. The van der Waals surface area contributed by atoms with Crippen molar-refractivity contribution in [3.8, 4) is 0 Å². The van der Waals surface area contributed by atoms with Crippen LogP contribution >= 0.6 is 0 Å². The summed E-state index contributed by atoms with van der Waals surface area (Å²) in [5, 5.41) is 1.42. The number of anilines is 1. The molecular weight excluding hydrogens is 220 g/mol. The molecule has 0 fully saturated rings. The fourth-order valence-corrected chi connectivity index (χ4v) is 1.94. The molecule has 3 aromatic rings. The molecule has 17 heavy (non-hydrogen) atoms. The van der Waals surface area contributed by atoms with E-state index in [0.717, 1.165) is 0 Å². The van der Waals surface area contributed by atoms with Crippen molar-refractivity contribution in [2.24, 2.45) is 0 Å². The van der Waals surface area contributed by atoms with Gasteiger partial charge in [0.1, 0.15) is 16.8 Å². The molecule has 0 aliphatic heterocycles. The van der Waals surface area contributed by atoms with Crippen molar-refractivity contribution in [3.63, 3.8) is 0 Å². The van der Waals surface area contributed by atoms with Gasteiger partial charge in [-0.15, -0.1) is 0 Å².